The van der Waals surface area contributed by atoms with Crippen molar-refractivity contribution in [2.24, 2.45) is 0 Å². The average Bonchev–Trinajstić information content (AvgIpc) is 2.93. The Morgan fingerprint density at radius 2 is 2.19 bits per heavy atom. The number of hydrogen-bond donors (Lipinski definition) is 0. The molecular formula is C16H16N4O6. The van der Waals surface area contributed by atoms with Crippen LogP contribution in [0.1, 0.15) is 30.0 Å². The Morgan fingerprint density at radius 1 is 1.50 bits per heavy atom. The maximum absolute atomic E-state index is 12.0. The highest BCUT2D eigenvalue weighted by Crippen LogP contribution is 2.39. The van der Waals surface area contributed by atoms with Crippen molar-refractivity contribution in [2.45, 2.75) is 26.7 Å². The van der Waals surface area contributed by atoms with Crippen LogP contribution in [0.5, 0.6) is 5.88 Å². The van der Waals surface area contributed by atoms with E-state index >= 15 is 0 Å². The average molecular weight is 360 g/mol. The Hall–Kier alpha value is -3.48. The smallest absolute Gasteiger partial charge is 0.329 e. The molecule has 10 nitrogen and oxygen atoms in total. The molecule has 0 aliphatic rings. The molecule has 1 atom stereocenters. The summed E-state index contributed by atoms with van der Waals surface area (Å²) in [6.07, 6.45) is 0. The Morgan fingerprint density at radius 3 is 2.65 bits per heavy atom. The molecule has 0 spiro atoms. The van der Waals surface area contributed by atoms with Gasteiger partial charge in [-0.25, -0.2) is 4.98 Å². The number of carbonyl (C=O) groups is 1. The molecular weight excluding hydrogens is 344 g/mol. The standard InChI is InChI=1S/C16H16N4O6/c1-5-25-16(21)11(7-17)14-12(20(22)23)6-10(15(18-14)24-4)13-8(2)19-26-9(13)3/h6,11H,5H2,1-4H3. The highest BCUT2D eigenvalue weighted by atomic mass is 16.6. The molecule has 10 heteroatoms. The van der Waals surface area contributed by atoms with Gasteiger partial charge in [0.2, 0.25) is 5.88 Å². The molecule has 2 heterocycles. The van der Waals surface area contributed by atoms with Crippen molar-refractivity contribution < 1.29 is 23.7 Å². The molecule has 0 saturated heterocycles. The zero-order valence-electron chi connectivity index (χ0n) is 14.6. The van der Waals surface area contributed by atoms with Crippen molar-refractivity contribution in [1.82, 2.24) is 10.1 Å². The third-order valence-electron chi connectivity index (χ3n) is 3.61. The van der Waals surface area contributed by atoms with Gasteiger partial charge in [0.25, 0.3) is 5.69 Å². The number of aromatic nitrogens is 2. The Balaban J connectivity index is 2.75. The third kappa shape index (κ3) is 3.32. The van der Waals surface area contributed by atoms with Crippen LogP contribution in [0.15, 0.2) is 10.6 Å². The van der Waals surface area contributed by atoms with E-state index in [1.54, 1.807) is 26.8 Å². The van der Waals surface area contributed by atoms with Crippen LogP contribution in [0.4, 0.5) is 5.69 Å². The molecule has 2 aromatic heterocycles. The molecule has 0 radical (unpaired) electrons. The molecule has 0 N–H and O–H groups in total. The van der Waals surface area contributed by atoms with Crippen molar-refractivity contribution in [3.63, 3.8) is 0 Å². The van der Waals surface area contributed by atoms with Crippen molar-refractivity contribution in [3.05, 3.63) is 33.3 Å². The molecule has 0 aliphatic carbocycles. The molecule has 0 fully saturated rings. The summed E-state index contributed by atoms with van der Waals surface area (Å²) >= 11 is 0. The van der Waals surface area contributed by atoms with E-state index in [0.717, 1.165) is 0 Å². The van der Waals surface area contributed by atoms with E-state index in [9.17, 15) is 20.2 Å². The first-order chi connectivity index (χ1) is 12.3. The lowest BCUT2D eigenvalue weighted by molar-refractivity contribution is -0.386. The lowest BCUT2D eigenvalue weighted by atomic mass is 10.00. The molecule has 26 heavy (non-hydrogen) atoms. The van der Waals surface area contributed by atoms with E-state index in [2.05, 4.69) is 10.1 Å². The molecule has 1 unspecified atom stereocenters. The van der Waals surface area contributed by atoms with Gasteiger partial charge >= 0.3 is 5.97 Å². The van der Waals surface area contributed by atoms with Crippen LogP contribution in [-0.4, -0.2) is 34.7 Å². The van der Waals surface area contributed by atoms with Crippen LogP contribution in [0.25, 0.3) is 11.1 Å². The zero-order valence-corrected chi connectivity index (χ0v) is 14.6. The molecule has 0 saturated carbocycles. The van der Waals surface area contributed by atoms with Gasteiger partial charge in [-0.1, -0.05) is 5.16 Å². The van der Waals surface area contributed by atoms with Crippen molar-refractivity contribution in [1.29, 1.82) is 5.26 Å². The van der Waals surface area contributed by atoms with Crippen LogP contribution in [0, 0.1) is 35.3 Å². The lowest BCUT2D eigenvalue weighted by Gasteiger charge is -2.13. The summed E-state index contributed by atoms with van der Waals surface area (Å²) in [5.74, 6) is -2.04. The molecule has 136 valence electrons. The van der Waals surface area contributed by atoms with Gasteiger partial charge in [0.1, 0.15) is 5.76 Å². The van der Waals surface area contributed by atoms with E-state index in [0.29, 0.717) is 17.0 Å². The van der Waals surface area contributed by atoms with Crippen LogP contribution < -0.4 is 4.74 Å². The van der Waals surface area contributed by atoms with Crippen LogP contribution in [0.3, 0.4) is 0 Å². The summed E-state index contributed by atoms with van der Waals surface area (Å²) in [5.41, 5.74) is 0.420. The Kier molecular flexibility index (Phi) is 5.51. The summed E-state index contributed by atoms with van der Waals surface area (Å²) in [6, 6.07) is 2.89. The maximum atomic E-state index is 12.0. The number of nitrogens with zero attached hydrogens (tertiary/aromatic N) is 4. The van der Waals surface area contributed by atoms with Gasteiger partial charge in [-0.2, -0.15) is 5.26 Å². The number of carbonyl (C=O) groups excluding carboxylic acids is 1. The first kappa shape index (κ1) is 18.9. The summed E-state index contributed by atoms with van der Waals surface area (Å²) in [4.78, 5) is 26.9. The number of rotatable bonds is 6. The van der Waals surface area contributed by atoms with E-state index < -0.39 is 22.5 Å². The fraction of sp³-hybridized carbons (Fsp3) is 0.375. The van der Waals surface area contributed by atoms with Crippen LogP contribution >= 0.6 is 0 Å². The monoisotopic (exact) mass is 360 g/mol. The molecule has 0 aromatic carbocycles. The third-order valence-corrected chi connectivity index (χ3v) is 3.61. The number of pyridine rings is 1. The van der Waals surface area contributed by atoms with Crippen molar-refractivity contribution >= 4 is 11.7 Å². The van der Waals surface area contributed by atoms with E-state index in [-0.39, 0.29) is 23.7 Å². The van der Waals surface area contributed by atoms with Gasteiger partial charge in [0.05, 0.1) is 41.5 Å². The number of esters is 1. The number of aryl methyl sites for hydroxylation is 2. The van der Waals surface area contributed by atoms with Crippen LogP contribution in [-0.2, 0) is 9.53 Å². The quantitative estimate of drug-likeness (QED) is 0.431. The minimum Gasteiger partial charge on any atom is -0.481 e. The SMILES string of the molecule is CCOC(=O)C(C#N)c1nc(OC)c(-c2c(C)noc2C)cc1[N+](=O)[O-]. The fourth-order valence-corrected chi connectivity index (χ4v) is 2.51. The van der Waals surface area contributed by atoms with Crippen molar-refractivity contribution in [2.75, 3.05) is 13.7 Å². The Labute approximate surface area is 148 Å². The Bertz CT molecular complexity index is 879. The van der Waals surface area contributed by atoms with Crippen LogP contribution in [0.2, 0.25) is 0 Å². The first-order valence-corrected chi connectivity index (χ1v) is 7.58. The molecule has 0 aliphatic heterocycles. The normalized spacial score (nSPS) is 11.5. The summed E-state index contributed by atoms with van der Waals surface area (Å²) in [7, 11) is 1.32. The highest BCUT2D eigenvalue weighted by molar-refractivity contribution is 5.83. The minimum atomic E-state index is -1.55. The fourth-order valence-electron chi connectivity index (χ4n) is 2.51. The van der Waals surface area contributed by atoms with Gasteiger partial charge < -0.3 is 14.0 Å². The second-order valence-electron chi connectivity index (χ2n) is 5.22. The number of ether oxygens (including phenoxy) is 2. The summed E-state index contributed by atoms with van der Waals surface area (Å²) < 4.78 is 15.1. The highest BCUT2D eigenvalue weighted by Gasteiger charge is 2.34. The van der Waals surface area contributed by atoms with E-state index in [1.807, 2.05) is 0 Å². The molecule has 2 rings (SSSR count). The maximum Gasteiger partial charge on any atom is 0.329 e. The lowest BCUT2D eigenvalue weighted by Crippen LogP contribution is -2.17. The van der Waals surface area contributed by atoms with Gasteiger partial charge in [-0.05, 0) is 20.8 Å². The number of nitriles is 1. The number of hydrogen-bond acceptors (Lipinski definition) is 9. The molecule has 2 aromatic rings. The van der Waals surface area contributed by atoms with Gasteiger partial charge in [0.15, 0.2) is 11.6 Å². The zero-order chi connectivity index (χ0) is 19.4. The summed E-state index contributed by atoms with van der Waals surface area (Å²) in [5, 5.41) is 24.7. The van der Waals surface area contributed by atoms with Crippen molar-refractivity contribution in [3.8, 4) is 23.1 Å². The molecule has 0 amide bonds. The first-order valence-electron chi connectivity index (χ1n) is 7.58. The second-order valence-corrected chi connectivity index (χ2v) is 5.22. The minimum absolute atomic E-state index is 0.00421. The molecule has 0 bridgehead atoms. The summed E-state index contributed by atoms with van der Waals surface area (Å²) in [6.45, 7) is 4.90. The van der Waals surface area contributed by atoms with Gasteiger partial charge in [-0.3, -0.25) is 14.9 Å². The number of methoxy groups -OCH3 is 1. The predicted octanol–water partition coefficient (Wildman–Crippen LogP) is 2.44. The predicted molar refractivity (Wildman–Crippen MR) is 87.4 cm³/mol. The van der Waals surface area contributed by atoms with E-state index in [1.165, 1.54) is 13.2 Å². The second kappa shape index (κ2) is 7.60. The largest absolute Gasteiger partial charge is 0.481 e. The van der Waals surface area contributed by atoms with E-state index in [4.69, 9.17) is 14.0 Å². The topological polar surface area (TPSA) is 141 Å². The van der Waals surface area contributed by atoms with Gasteiger partial charge in [-0.15, -0.1) is 0 Å². The van der Waals surface area contributed by atoms with Gasteiger partial charge in [0, 0.05) is 6.07 Å². The number of nitro groups is 1.